The van der Waals surface area contributed by atoms with Gasteiger partial charge in [-0.2, -0.15) is 5.10 Å². The van der Waals surface area contributed by atoms with Crippen LogP contribution in [0.25, 0.3) is 0 Å². The van der Waals surface area contributed by atoms with E-state index in [2.05, 4.69) is 24.0 Å². The topological polar surface area (TPSA) is 55.9 Å². The molecule has 14 heavy (non-hydrogen) atoms. The van der Waals surface area contributed by atoms with Crippen LogP contribution >= 0.6 is 0 Å². The molecule has 4 heteroatoms. The SMILES string of the molecule is C=C(CC)CC(NN)c1ccn(C)n1. The highest BCUT2D eigenvalue weighted by molar-refractivity contribution is 5.09. The lowest BCUT2D eigenvalue weighted by molar-refractivity contribution is 0.523. The van der Waals surface area contributed by atoms with Gasteiger partial charge in [0.15, 0.2) is 0 Å². The van der Waals surface area contributed by atoms with Gasteiger partial charge in [-0.1, -0.05) is 19.1 Å². The molecule has 0 bridgehead atoms. The summed E-state index contributed by atoms with van der Waals surface area (Å²) in [6.45, 7) is 6.05. The molecule has 1 rings (SSSR count). The summed E-state index contributed by atoms with van der Waals surface area (Å²) in [6.07, 6.45) is 3.73. The Balaban J connectivity index is 2.67. The molecule has 1 aromatic rings. The van der Waals surface area contributed by atoms with Gasteiger partial charge in [0, 0.05) is 13.2 Å². The fourth-order valence-electron chi connectivity index (χ4n) is 1.30. The molecule has 0 aromatic carbocycles. The van der Waals surface area contributed by atoms with E-state index in [1.165, 1.54) is 5.57 Å². The summed E-state index contributed by atoms with van der Waals surface area (Å²) in [4.78, 5) is 0. The lowest BCUT2D eigenvalue weighted by Crippen LogP contribution is -2.28. The summed E-state index contributed by atoms with van der Waals surface area (Å²) in [5.41, 5.74) is 4.90. The van der Waals surface area contributed by atoms with Gasteiger partial charge in [-0.3, -0.25) is 16.0 Å². The summed E-state index contributed by atoms with van der Waals surface area (Å²) in [7, 11) is 1.89. The van der Waals surface area contributed by atoms with Crippen LogP contribution in [-0.2, 0) is 7.05 Å². The number of hydrazine groups is 1. The monoisotopic (exact) mass is 194 g/mol. The number of nitrogens with two attached hydrogens (primary N) is 1. The standard InChI is InChI=1S/C10H18N4/c1-4-8(2)7-10(12-11)9-5-6-14(3)13-9/h5-6,10,12H,2,4,7,11H2,1,3H3. The van der Waals surface area contributed by atoms with Crippen molar-refractivity contribution in [3.05, 3.63) is 30.1 Å². The quantitative estimate of drug-likeness (QED) is 0.422. The Morgan fingerprint density at radius 2 is 2.50 bits per heavy atom. The molecule has 1 aromatic heterocycles. The van der Waals surface area contributed by atoms with E-state index in [1.807, 2.05) is 19.3 Å². The van der Waals surface area contributed by atoms with E-state index in [-0.39, 0.29) is 6.04 Å². The van der Waals surface area contributed by atoms with Gasteiger partial charge >= 0.3 is 0 Å². The number of rotatable bonds is 5. The molecule has 0 saturated carbocycles. The second-order valence-electron chi connectivity index (χ2n) is 3.44. The molecule has 0 radical (unpaired) electrons. The predicted molar refractivity (Wildman–Crippen MR) is 57.3 cm³/mol. The van der Waals surface area contributed by atoms with Crippen LogP contribution in [0.2, 0.25) is 0 Å². The van der Waals surface area contributed by atoms with Gasteiger partial charge in [0.1, 0.15) is 0 Å². The number of aromatic nitrogens is 2. The van der Waals surface area contributed by atoms with E-state index in [4.69, 9.17) is 5.84 Å². The fraction of sp³-hybridized carbons (Fsp3) is 0.500. The van der Waals surface area contributed by atoms with Gasteiger partial charge in [0.05, 0.1) is 11.7 Å². The van der Waals surface area contributed by atoms with Crippen molar-refractivity contribution < 1.29 is 0 Å². The molecule has 0 spiro atoms. The zero-order valence-corrected chi connectivity index (χ0v) is 8.83. The minimum absolute atomic E-state index is 0.0728. The molecular formula is C10H18N4. The lowest BCUT2D eigenvalue weighted by atomic mass is 10.0. The van der Waals surface area contributed by atoms with Crippen LogP contribution in [0.3, 0.4) is 0 Å². The van der Waals surface area contributed by atoms with Crippen LogP contribution in [0.5, 0.6) is 0 Å². The Labute approximate surface area is 84.8 Å². The minimum Gasteiger partial charge on any atom is -0.275 e. The maximum atomic E-state index is 5.48. The Kier molecular flexibility index (Phi) is 3.85. The number of nitrogens with zero attached hydrogens (tertiary/aromatic N) is 2. The fourth-order valence-corrected chi connectivity index (χ4v) is 1.30. The number of aryl methyl sites for hydroxylation is 1. The van der Waals surface area contributed by atoms with Gasteiger partial charge in [0.2, 0.25) is 0 Å². The number of hydrogen-bond acceptors (Lipinski definition) is 3. The van der Waals surface area contributed by atoms with Crippen LogP contribution < -0.4 is 11.3 Å². The van der Waals surface area contributed by atoms with Crippen molar-refractivity contribution in [2.75, 3.05) is 0 Å². The first-order valence-electron chi connectivity index (χ1n) is 4.79. The Hall–Kier alpha value is -1.13. The molecule has 0 saturated heterocycles. The average molecular weight is 194 g/mol. The smallest absolute Gasteiger partial charge is 0.0810 e. The lowest BCUT2D eigenvalue weighted by Gasteiger charge is -2.14. The molecule has 1 atom stereocenters. The van der Waals surface area contributed by atoms with Gasteiger partial charge in [-0.15, -0.1) is 0 Å². The Morgan fingerprint density at radius 3 is 2.93 bits per heavy atom. The second-order valence-corrected chi connectivity index (χ2v) is 3.44. The van der Waals surface area contributed by atoms with Crippen LogP contribution in [0.15, 0.2) is 24.4 Å². The van der Waals surface area contributed by atoms with E-state index in [0.717, 1.165) is 18.5 Å². The van der Waals surface area contributed by atoms with Gasteiger partial charge < -0.3 is 0 Å². The maximum absolute atomic E-state index is 5.48. The van der Waals surface area contributed by atoms with Crippen LogP contribution in [0.4, 0.5) is 0 Å². The maximum Gasteiger partial charge on any atom is 0.0810 e. The first-order valence-corrected chi connectivity index (χ1v) is 4.79. The molecule has 78 valence electrons. The van der Waals surface area contributed by atoms with Crippen molar-refractivity contribution in [3.8, 4) is 0 Å². The number of hydrogen-bond donors (Lipinski definition) is 2. The second kappa shape index (κ2) is 4.93. The summed E-state index contributed by atoms with van der Waals surface area (Å²) in [6, 6.07) is 2.04. The Morgan fingerprint density at radius 1 is 1.79 bits per heavy atom. The van der Waals surface area contributed by atoms with Crippen molar-refractivity contribution in [2.24, 2.45) is 12.9 Å². The average Bonchev–Trinajstić information content (AvgIpc) is 2.60. The van der Waals surface area contributed by atoms with E-state index in [1.54, 1.807) is 4.68 Å². The molecule has 1 heterocycles. The van der Waals surface area contributed by atoms with Crippen LogP contribution in [0, 0.1) is 0 Å². The molecular weight excluding hydrogens is 176 g/mol. The molecule has 0 aliphatic carbocycles. The molecule has 0 aliphatic rings. The first-order chi connectivity index (χ1) is 6.67. The predicted octanol–water partition coefficient (Wildman–Crippen LogP) is 1.28. The van der Waals surface area contributed by atoms with E-state index < -0.39 is 0 Å². The third-order valence-electron chi connectivity index (χ3n) is 2.29. The zero-order chi connectivity index (χ0) is 10.6. The van der Waals surface area contributed by atoms with Gasteiger partial charge in [-0.05, 0) is 18.9 Å². The highest BCUT2D eigenvalue weighted by atomic mass is 15.3. The molecule has 3 N–H and O–H groups in total. The van der Waals surface area contributed by atoms with Gasteiger partial charge in [0.25, 0.3) is 0 Å². The van der Waals surface area contributed by atoms with E-state index >= 15 is 0 Å². The van der Waals surface area contributed by atoms with Crippen molar-refractivity contribution in [1.82, 2.24) is 15.2 Å². The summed E-state index contributed by atoms with van der Waals surface area (Å²) in [5, 5.41) is 4.30. The third-order valence-corrected chi connectivity index (χ3v) is 2.29. The Bertz CT molecular complexity index is 303. The van der Waals surface area contributed by atoms with E-state index in [0.29, 0.717) is 0 Å². The summed E-state index contributed by atoms with van der Waals surface area (Å²) < 4.78 is 1.77. The third kappa shape index (κ3) is 2.68. The summed E-state index contributed by atoms with van der Waals surface area (Å²) >= 11 is 0. The first kappa shape index (κ1) is 10.9. The number of nitrogens with one attached hydrogen (secondary N) is 1. The minimum atomic E-state index is 0.0728. The van der Waals surface area contributed by atoms with Crippen molar-refractivity contribution in [1.29, 1.82) is 0 Å². The molecule has 0 fully saturated rings. The highest BCUT2D eigenvalue weighted by Crippen LogP contribution is 2.18. The van der Waals surface area contributed by atoms with E-state index in [9.17, 15) is 0 Å². The summed E-state index contributed by atoms with van der Waals surface area (Å²) in [5.74, 6) is 5.48. The molecule has 4 nitrogen and oxygen atoms in total. The normalized spacial score (nSPS) is 12.8. The van der Waals surface area contributed by atoms with Crippen LogP contribution in [0.1, 0.15) is 31.5 Å². The zero-order valence-electron chi connectivity index (χ0n) is 8.83. The molecule has 0 aliphatic heterocycles. The van der Waals surface area contributed by atoms with Crippen molar-refractivity contribution in [2.45, 2.75) is 25.8 Å². The van der Waals surface area contributed by atoms with Gasteiger partial charge in [-0.25, -0.2) is 0 Å². The van der Waals surface area contributed by atoms with Crippen LogP contribution in [-0.4, -0.2) is 9.78 Å². The molecule has 0 amide bonds. The van der Waals surface area contributed by atoms with Crippen molar-refractivity contribution >= 4 is 0 Å². The largest absolute Gasteiger partial charge is 0.275 e. The van der Waals surface area contributed by atoms with Crippen molar-refractivity contribution in [3.63, 3.8) is 0 Å². The molecule has 1 unspecified atom stereocenters. The highest BCUT2D eigenvalue weighted by Gasteiger charge is 2.12.